The van der Waals surface area contributed by atoms with E-state index in [0.29, 0.717) is 5.75 Å². The fourth-order valence-corrected chi connectivity index (χ4v) is 3.53. The standard InChI is InChI=1S/C20H30O13/c1-27-10-4-8(5-11(28-2)18(10)29-3)32-20-17(26)15(24)14(23)12(33-20)7-31-19-16(25)13(22)9(21)6-30-19/h4-5,9,12-17,19-26H,6-7H2,1-3H3/t9-,12-,13-,14-,15+,16+,17-,19+,20+/m1/s1. The van der Waals surface area contributed by atoms with Crippen molar-refractivity contribution >= 4 is 0 Å². The van der Waals surface area contributed by atoms with Gasteiger partial charge in [0.2, 0.25) is 12.0 Å². The van der Waals surface area contributed by atoms with Gasteiger partial charge in [-0.1, -0.05) is 0 Å². The summed E-state index contributed by atoms with van der Waals surface area (Å²) in [4.78, 5) is 0. The second kappa shape index (κ2) is 11.0. The zero-order valence-corrected chi connectivity index (χ0v) is 18.3. The Morgan fingerprint density at radius 2 is 1.39 bits per heavy atom. The summed E-state index contributed by atoms with van der Waals surface area (Å²) in [7, 11) is 4.26. The van der Waals surface area contributed by atoms with Crippen LogP contribution in [0.4, 0.5) is 0 Å². The molecule has 1 aromatic rings. The van der Waals surface area contributed by atoms with E-state index in [1.54, 1.807) is 0 Å². The van der Waals surface area contributed by atoms with Gasteiger partial charge in [-0.15, -0.1) is 0 Å². The first kappa shape index (κ1) is 25.7. The van der Waals surface area contributed by atoms with Crippen molar-refractivity contribution in [3.05, 3.63) is 12.1 Å². The van der Waals surface area contributed by atoms with Crippen LogP contribution in [0.2, 0.25) is 0 Å². The summed E-state index contributed by atoms with van der Waals surface area (Å²) in [5.74, 6) is 1.03. The monoisotopic (exact) mass is 478 g/mol. The molecule has 0 saturated carbocycles. The molecule has 33 heavy (non-hydrogen) atoms. The number of hydrogen-bond acceptors (Lipinski definition) is 13. The number of aliphatic hydroxyl groups is 6. The van der Waals surface area contributed by atoms with Gasteiger partial charge in [-0.3, -0.25) is 0 Å². The molecule has 1 aromatic carbocycles. The zero-order chi connectivity index (χ0) is 24.3. The molecular formula is C20H30O13. The summed E-state index contributed by atoms with van der Waals surface area (Å²) in [6.07, 6.45) is -13.1. The summed E-state index contributed by atoms with van der Waals surface area (Å²) < 4.78 is 37.5. The molecule has 2 heterocycles. The second-order valence-corrected chi connectivity index (χ2v) is 7.58. The predicted molar refractivity (Wildman–Crippen MR) is 107 cm³/mol. The Balaban J connectivity index is 1.71. The Labute approximate surface area is 189 Å². The fourth-order valence-electron chi connectivity index (χ4n) is 3.53. The molecule has 0 aromatic heterocycles. The van der Waals surface area contributed by atoms with Gasteiger partial charge in [0.25, 0.3) is 0 Å². The first-order valence-electron chi connectivity index (χ1n) is 10.2. The van der Waals surface area contributed by atoms with Crippen molar-refractivity contribution in [1.82, 2.24) is 0 Å². The third kappa shape index (κ3) is 5.42. The molecule has 2 fully saturated rings. The van der Waals surface area contributed by atoms with Gasteiger partial charge in [0.15, 0.2) is 17.8 Å². The second-order valence-electron chi connectivity index (χ2n) is 7.58. The molecule has 13 heteroatoms. The first-order valence-corrected chi connectivity index (χ1v) is 10.2. The van der Waals surface area contributed by atoms with Gasteiger partial charge >= 0.3 is 0 Å². The lowest BCUT2D eigenvalue weighted by molar-refractivity contribution is -0.307. The van der Waals surface area contributed by atoms with E-state index in [4.69, 9.17) is 33.2 Å². The number of methoxy groups -OCH3 is 3. The Morgan fingerprint density at radius 1 is 0.788 bits per heavy atom. The molecule has 6 N–H and O–H groups in total. The maximum Gasteiger partial charge on any atom is 0.229 e. The highest BCUT2D eigenvalue weighted by Crippen LogP contribution is 2.41. The molecule has 0 unspecified atom stereocenters. The highest BCUT2D eigenvalue weighted by atomic mass is 16.7. The fraction of sp³-hybridized carbons (Fsp3) is 0.700. The van der Waals surface area contributed by atoms with Gasteiger partial charge in [0, 0.05) is 12.1 Å². The van der Waals surface area contributed by atoms with Crippen molar-refractivity contribution in [2.75, 3.05) is 34.5 Å². The van der Waals surface area contributed by atoms with E-state index in [1.165, 1.54) is 33.5 Å². The van der Waals surface area contributed by atoms with E-state index >= 15 is 0 Å². The van der Waals surface area contributed by atoms with Gasteiger partial charge in [0.1, 0.15) is 48.5 Å². The molecule has 2 saturated heterocycles. The van der Waals surface area contributed by atoms with E-state index in [-0.39, 0.29) is 23.9 Å². The van der Waals surface area contributed by atoms with E-state index < -0.39 is 61.9 Å². The van der Waals surface area contributed by atoms with Crippen LogP contribution < -0.4 is 18.9 Å². The largest absolute Gasteiger partial charge is 0.493 e. The Bertz CT molecular complexity index is 751. The Kier molecular flexibility index (Phi) is 8.55. The molecule has 0 bridgehead atoms. The van der Waals surface area contributed by atoms with Crippen LogP contribution in [-0.2, 0) is 14.2 Å². The first-order chi connectivity index (χ1) is 15.7. The van der Waals surface area contributed by atoms with Crippen LogP contribution in [0.15, 0.2) is 12.1 Å². The van der Waals surface area contributed by atoms with Gasteiger partial charge in [-0.25, -0.2) is 0 Å². The van der Waals surface area contributed by atoms with Crippen molar-refractivity contribution < 1.29 is 63.8 Å². The minimum Gasteiger partial charge on any atom is -0.493 e. The molecular weight excluding hydrogens is 448 g/mol. The summed E-state index contributed by atoms with van der Waals surface area (Å²) in [5, 5.41) is 60.2. The van der Waals surface area contributed by atoms with Crippen LogP contribution in [-0.4, -0.2) is 120 Å². The van der Waals surface area contributed by atoms with Crippen molar-refractivity contribution in [3.8, 4) is 23.0 Å². The minimum absolute atomic E-state index is 0.153. The maximum absolute atomic E-state index is 10.4. The molecule has 13 nitrogen and oxygen atoms in total. The SMILES string of the molecule is COc1cc(O[C@H]2O[C@H](CO[C@@H]3OC[C@@H](O)[C@@H](O)[C@@H]3O)[C@@H](O)[C@H](O)[C@H]2O)cc(OC)c1OC. The number of aliphatic hydroxyl groups excluding tert-OH is 6. The minimum atomic E-state index is -1.65. The topological polar surface area (TPSA) is 186 Å². The molecule has 0 spiro atoms. The Morgan fingerprint density at radius 3 is 1.97 bits per heavy atom. The van der Waals surface area contributed by atoms with Crippen molar-refractivity contribution in [1.29, 1.82) is 0 Å². The van der Waals surface area contributed by atoms with E-state index in [1.807, 2.05) is 0 Å². The highest BCUT2D eigenvalue weighted by Gasteiger charge is 2.46. The van der Waals surface area contributed by atoms with Crippen molar-refractivity contribution in [3.63, 3.8) is 0 Å². The van der Waals surface area contributed by atoms with Crippen LogP contribution in [0, 0.1) is 0 Å². The average Bonchev–Trinajstić information content (AvgIpc) is 2.82. The molecule has 0 aliphatic carbocycles. The highest BCUT2D eigenvalue weighted by molar-refractivity contribution is 5.55. The predicted octanol–water partition coefficient (Wildman–Crippen LogP) is -2.65. The molecule has 0 radical (unpaired) electrons. The average molecular weight is 478 g/mol. The van der Waals surface area contributed by atoms with Crippen LogP contribution in [0.3, 0.4) is 0 Å². The van der Waals surface area contributed by atoms with Crippen LogP contribution in [0.25, 0.3) is 0 Å². The summed E-state index contributed by atoms with van der Waals surface area (Å²) in [6, 6.07) is 2.92. The van der Waals surface area contributed by atoms with E-state index in [2.05, 4.69) is 0 Å². The normalized spacial score (nSPS) is 36.8. The zero-order valence-electron chi connectivity index (χ0n) is 18.3. The van der Waals surface area contributed by atoms with Crippen LogP contribution in [0.1, 0.15) is 0 Å². The molecule has 2 aliphatic heterocycles. The van der Waals surface area contributed by atoms with Gasteiger partial charge in [-0.2, -0.15) is 0 Å². The lowest BCUT2D eigenvalue weighted by atomic mass is 9.99. The number of hydrogen-bond donors (Lipinski definition) is 6. The van der Waals surface area contributed by atoms with E-state index in [0.717, 1.165) is 0 Å². The smallest absolute Gasteiger partial charge is 0.229 e. The van der Waals surface area contributed by atoms with Crippen molar-refractivity contribution in [2.24, 2.45) is 0 Å². The number of benzene rings is 1. The molecule has 188 valence electrons. The lowest BCUT2D eigenvalue weighted by Gasteiger charge is -2.41. The Hall–Kier alpha value is -1.94. The lowest BCUT2D eigenvalue weighted by Crippen LogP contribution is -2.61. The van der Waals surface area contributed by atoms with Gasteiger partial charge < -0.3 is 63.8 Å². The summed E-state index contributed by atoms with van der Waals surface area (Å²) >= 11 is 0. The van der Waals surface area contributed by atoms with Gasteiger partial charge in [-0.05, 0) is 0 Å². The molecule has 3 rings (SSSR count). The molecule has 0 amide bonds. The third-order valence-corrected chi connectivity index (χ3v) is 5.44. The quantitative estimate of drug-likeness (QED) is 0.228. The maximum atomic E-state index is 10.4. The molecule has 9 atom stereocenters. The molecule has 2 aliphatic rings. The van der Waals surface area contributed by atoms with Gasteiger partial charge in [0.05, 0.1) is 34.5 Å². The third-order valence-electron chi connectivity index (χ3n) is 5.44. The summed E-state index contributed by atoms with van der Waals surface area (Å²) in [6.45, 7) is -0.671. The number of ether oxygens (including phenoxy) is 7. The number of rotatable bonds is 8. The van der Waals surface area contributed by atoms with Crippen molar-refractivity contribution in [2.45, 2.75) is 55.3 Å². The van der Waals surface area contributed by atoms with Crippen LogP contribution >= 0.6 is 0 Å². The van der Waals surface area contributed by atoms with E-state index in [9.17, 15) is 30.6 Å². The summed E-state index contributed by atoms with van der Waals surface area (Å²) in [5.41, 5.74) is 0. The van der Waals surface area contributed by atoms with Crippen LogP contribution in [0.5, 0.6) is 23.0 Å².